The van der Waals surface area contributed by atoms with Gasteiger partial charge in [0.2, 0.25) is 5.91 Å². The number of benzene rings is 1. The lowest BCUT2D eigenvalue weighted by Gasteiger charge is -2.40. The number of hydrogen-bond acceptors (Lipinski definition) is 5. The van der Waals surface area contributed by atoms with Gasteiger partial charge in [0.05, 0.1) is 0 Å². The highest BCUT2D eigenvalue weighted by atomic mass is 35.5. The summed E-state index contributed by atoms with van der Waals surface area (Å²) in [5, 5.41) is 20.5. The van der Waals surface area contributed by atoms with Crippen LogP contribution in [0.15, 0.2) is 54.2 Å². The molecule has 1 heterocycles. The average molecular weight is 483 g/mol. The number of hydrogen-bond donors (Lipinski definition) is 4. The highest BCUT2D eigenvalue weighted by Gasteiger charge is 2.40. The van der Waals surface area contributed by atoms with Gasteiger partial charge in [-0.25, -0.2) is 0 Å². The Hall–Kier alpha value is -3.24. The number of allylic oxidation sites excluding steroid dienone is 3. The van der Waals surface area contributed by atoms with Gasteiger partial charge in [0.1, 0.15) is 17.6 Å². The Morgan fingerprint density at radius 1 is 1.42 bits per heavy atom. The van der Waals surface area contributed by atoms with Crippen molar-refractivity contribution < 1.29 is 28.2 Å². The third kappa shape index (κ3) is 7.40. The molecule has 0 aromatic heterocycles. The van der Waals surface area contributed by atoms with E-state index in [1.807, 2.05) is 0 Å². The quantitative estimate of drug-likeness (QED) is 0.231. The van der Waals surface area contributed by atoms with Crippen LogP contribution in [0.4, 0.5) is 8.78 Å². The number of likely N-dealkylation sites (tertiary alicyclic amines) is 1. The van der Waals surface area contributed by atoms with Crippen LogP contribution in [0.1, 0.15) is 25.0 Å². The van der Waals surface area contributed by atoms with Crippen LogP contribution >= 0.6 is 11.6 Å². The van der Waals surface area contributed by atoms with Crippen LogP contribution in [0, 0.1) is 5.41 Å². The van der Waals surface area contributed by atoms with Gasteiger partial charge in [-0.05, 0) is 37.1 Å². The number of aliphatic hydroxyl groups is 1. The van der Waals surface area contributed by atoms with Crippen LogP contribution in [0.25, 0.3) is 0 Å². The topological polar surface area (TPSA) is 129 Å². The van der Waals surface area contributed by atoms with E-state index in [9.17, 15) is 23.5 Å². The van der Waals surface area contributed by atoms with Crippen molar-refractivity contribution in [3.05, 3.63) is 64.7 Å². The van der Waals surface area contributed by atoms with Crippen LogP contribution in [0.5, 0.6) is 5.75 Å². The van der Waals surface area contributed by atoms with Crippen molar-refractivity contribution in [2.45, 2.75) is 32.1 Å². The van der Waals surface area contributed by atoms with Gasteiger partial charge in [-0.15, -0.1) is 0 Å². The number of halogens is 3. The van der Waals surface area contributed by atoms with Gasteiger partial charge in [0, 0.05) is 23.7 Å². The van der Waals surface area contributed by atoms with E-state index in [0.717, 1.165) is 12.1 Å². The van der Waals surface area contributed by atoms with Crippen molar-refractivity contribution in [2.75, 3.05) is 13.1 Å². The Kier molecular flexibility index (Phi) is 9.56. The Morgan fingerprint density at radius 3 is 2.73 bits per heavy atom. The maximum Gasteiger partial charge on any atom is 0.387 e. The van der Waals surface area contributed by atoms with Crippen molar-refractivity contribution in [3.63, 3.8) is 0 Å². The lowest BCUT2D eigenvalue weighted by atomic mass is 9.99. The fraction of sp³-hybridized carbons (Fsp3) is 0.318. The molecule has 0 spiro atoms. The molecule has 1 fully saturated rings. The number of carbonyl (C=O) groups excluding carboxylic acids is 2. The number of amidine groups is 1. The molecule has 178 valence electrons. The number of aliphatic hydroxyl groups excluding tert-OH is 1. The molecule has 1 saturated heterocycles. The Balaban J connectivity index is 1.96. The van der Waals surface area contributed by atoms with Gasteiger partial charge >= 0.3 is 6.61 Å². The Morgan fingerprint density at radius 2 is 2.15 bits per heavy atom. The monoisotopic (exact) mass is 482 g/mol. The van der Waals surface area contributed by atoms with Crippen molar-refractivity contribution >= 4 is 29.3 Å². The summed E-state index contributed by atoms with van der Waals surface area (Å²) in [6.07, 6.45) is 7.07. The third-order valence-electron chi connectivity index (χ3n) is 4.74. The van der Waals surface area contributed by atoms with E-state index in [1.54, 1.807) is 37.3 Å². The fourth-order valence-corrected chi connectivity index (χ4v) is 3.30. The SMILES string of the molecule is C\C=C/C(=C\C=C\CNC(=O)[C@@H]1CCN1C(=O)C(O)c1cc(Cl)cc(OC(F)F)c1)C(=N)N. The van der Waals surface area contributed by atoms with E-state index < -0.39 is 30.6 Å². The first kappa shape index (κ1) is 26.0. The minimum atomic E-state index is -3.09. The third-order valence-corrected chi connectivity index (χ3v) is 4.96. The number of nitrogens with one attached hydrogen (secondary N) is 2. The molecule has 33 heavy (non-hydrogen) atoms. The van der Waals surface area contributed by atoms with Crippen molar-refractivity contribution in [1.29, 1.82) is 5.41 Å². The summed E-state index contributed by atoms with van der Waals surface area (Å²) in [7, 11) is 0. The lowest BCUT2D eigenvalue weighted by molar-refractivity contribution is -0.154. The van der Waals surface area contributed by atoms with Crippen LogP contribution < -0.4 is 15.8 Å². The van der Waals surface area contributed by atoms with Gasteiger partial charge in [0.25, 0.3) is 5.91 Å². The first-order valence-corrected chi connectivity index (χ1v) is 10.4. The van der Waals surface area contributed by atoms with Gasteiger partial charge in [-0.1, -0.05) is 42.0 Å². The zero-order valence-electron chi connectivity index (χ0n) is 17.8. The first-order chi connectivity index (χ1) is 15.6. The molecule has 0 radical (unpaired) electrons. The number of rotatable bonds is 10. The summed E-state index contributed by atoms with van der Waals surface area (Å²) in [4.78, 5) is 26.3. The molecule has 2 amide bonds. The highest BCUT2D eigenvalue weighted by Crippen LogP contribution is 2.29. The summed E-state index contributed by atoms with van der Waals surface area (Å²) in [6.45, 7) is -0.848. The van der Waals surface area contributed by atoms with Crippen molar-refractivity contribution in [2.24, 2.45) is 5.73 Å². The molecule has 0 bridgehead atoms. The van der Waals surface area contributed by atoms with Crippen molar-refractivity contribution in [3.8, 4) is 5.75 Å². The largest absolute Gasteiger partial charge is 0.435 e. The molecule has 5 N–H and O–H groups in total. The molecule has 1 aromatic rings. The van der Waals surface area contributed by atoms with Crippen LogP contribution in [-0.2, 0) is 9.59 Å². The molecule has 11 heteroatoms. The zero-order valence-corrected chi connectivity index (χ0v) is 18.6. The molecule has 2 atom stereocenters. The number of amides is 2. The van der Waals surface area contributed by atoms with E-state index in [1.165, 1.54) is 11.0 Å². The van der Waals surface area contributed by atoms with E-state index in [4.69, 9.17) is 22.7 Å². The van der Waals surface area contributed by atoms with E-state index >= 15 is 0 Å². The van der Waals surface area contributed by atoms with Crippen molar-refractivity contribution in [1.82, 2.24) is 10.2 Å². The number of nitrogens with zero attached hydrogens (tertiary/aromatic N) is 1. The van der Waals surface area contributed by atoms with Crippen LogP contribution in [-0.4, -0.2) is 53.4 Å². The molecule has 1 aliphatic heterocycles. The van der Waals surface area contributed by atoms with E-state index in [-0.39, 0.29) is 35.3 Å². The lowest BCUT2D eigenvalue weighted by Crippen LogP contribution is -2.59. The predicted octanol–water partition coefficient (Wildman–Crippen LogP) is 2.69. The number of nitrogens with two attached hydrogens (primary N) is 1. The van der Waals surface area contributed by atoms with Crippen LogP contribution in [0.2, 0.25) is 5.02 Å². The summed E-state index contributed by atoms with van der Waals surface area (Å²) in [5.41, 5.74) is 5.95. The van der Waals surface area contributed by atoms with Gasteiger partial charge in [-0.3, -0.25) is 15.0 Å². The molecule has 1 aliphatic rings. The summed E-state index contributed by atoms with van der Waals surface area (Å²) < 4.78 is 29.2. The smallest absolute Gasteiger partial charge is 0.387 e. The molecule has 1 aromatic carbocycles. The predicted molar refractivity (Wildman–Crippen MR) is 120 cm³/mol. The van der Waals surface area contributed by atoms with Gasteiger partial charge < -0.3 is 25.8 Å². The normalized spacial score (nSPS) is 17.3. The Bertz CT molecular complexity index is 981. The minimum Gasteiger partial charge on any atom is -0.435 e. The number of alkyl halides is 2. The maximum atomic E-state index is 12.7. The number of ether oxygens (including phenoxy) is 1. The zero-order chi connectivity index (χ0) is 24.5. The summed E-state index contributed by atoms with van der Waals surface area (Å²) >= 11 is 5.87. The van der Waals surface area contributed by atoms with E-state index in [0.29, 0.717) is 12.0 Å². The van der Waals surface area contributed by atoms with Gasteiger partial charge in [0.15, 0.2) is 6.10 Å². The Labute approximate surface area is 194 Å². The summed E-state index contributed by atoms with van der Waals surface area (Å²) in [5.74, 6) is -1.52. The fourth-order valence-electron chi connectivity index (χ4n) is 3.07. The molecule has 0 saturated carbocycles. The molecule has 8 nitrogen and oxygen atoms in total. The summed E-state index contributed by atoms with van der Waals surface area (Å²) in [6, 6.07) is 2.73. The molecular formula is C22H25ClF2N4O4. The van der Waals surface area contributed by atoms with Gasteiger partial charge in [-0.2, -0.15) is 8.78 Å². The average Bonchev–Trinajstić information content (AvgIpc) is 2.70. The molecule has 1 unspecified atom stereocenters. The van der Waals surface area contributed by atoms with E-state index in [2.05, 4.69) is 10.1 Å². The molecular weight excluding hydrogens is 458 g/mol. The molecule has 0 aliphatic carbocycles. The second kappa shape index (κ2) is 12.1. The maximum absolute atomic E-state index is 12.7. The number of carbonyl (C=O) groups is 2. The molecule has 2 rings (SSSR count). The highest BCUT2D eigenvalue weighted by molar-refractivity contribution is 6.30. The second-order valence-corrected chi connectivity index (χ2v) is 7.48. The van der Waals surface area contributed by atoms with Crippen LogP contribution in [0.3, 0.4) is 0 Å². The first-order valence-electron chi connectivity index (χ1n) is 9.99. The minimum absolute atomic E-state index is 0.0103. The second-order valence-electron chi connectivity index (χ2n) is 7.05. The standard InChI is InChI=1S/C22H25ClF2N4O4/c1-2-5-13(19(26)27)6-3-4-8-28-20(31)17-7-9-29(17)21(32)18(30)14-10-15(23)12-16(11-14)33-22(24)25/h2-6,10-12,17-18,22,30H,7-9H2,1H3,(H3,26,27)(H,28,31)/b4-3+,5-2-,13-6+/t17-,18?/m0/s1.